The smallest absolute Gasteiger partial charge is 0.416 e. The summed E-state index contributed by atoms with van der Waals surface area (Å²) in [4.78, 5) is 22.7. The van der Waals surface area contributed by atoms with E-state index in [1.807, 2.05) is 0 Å². The largest absolute Gasteiger partial charge is 0.545 e. The molecule has 0 aliphatic carbocycles. The molecule has 0 atom stereocenters. The molecule has 1 amide bonds. The Bertz CT molecular complexity index is 1130. The maximum atomic E-state index is 12.7. The van der Waals surface area contributed by atoms with Crippen LogP contribution in [0.5, 0.6) is 5.75 Å². The van der Waals surface area contributed by atoms with Crippen LogP contribution in [0.4, 0.5) is 13.2 Å². The van der Waals surface area contributed by atoms with E-state index in [-0.39, 0.29) is 17.7 Å². The second kappa shape index (κ2) is 9.78. The number of hydrogen-bond acceptors (Lipinski definition) is 5. The summed E-state index contributed by atoms with van der Waals surface area (Å²) in [7, 11) is 0. The van der Waals surface area contributed by atoms with E-state index in [1.165, 1.54) is 24.4 Å². The van der Waals surface area contributed by atoms with Crippen molar-refractivity contribution >= 4 is 18.1 Å². The molecule has 0 saturated carbocycles. The number of benzene rings is 3. The van der Waals surface area contributed by atoms with Gasteiger partial charge < -0.3 is 14.6 Å². The zero-order valence-electron chi connectivity index (χ0n) is 16.4. The zero-order valence-corrected chi connectivity index (χ0v) is 16.4. The summed E-state index contributed by atoms with van der Waals surface area (Å²) in [5.74, 6) is -1.46. The molecule has 3 aromatic rings. The Hall–Kier alpha value is -4.14. The molecule has 0 aliphatic heterocycles. The predicted octanol–water partition coefficient (Wildman–Crippen LogP) is 3.41. The maximum absolute atomic E-state index is 12.7. The van der Waals surface area contributed by atoms with Crippen LogP contribution < -0.4 is 15.3 Å². The highest BCUT2D eigenvalue weighted by Crippen LogP contribution is 2.29. The first-order chi connectivity index (χ1) is 15.2. The van der Waals surface area contributed by atoms with Gasteiger partial charge in [-0.2, -0.15) is 18.3 Å². The summed E-state index contributed by atoms with van der Waals surface area (Å²) in [6, 6.07) is 16.9. The SMILES string of the molecule is O=C([O-])c1ccc(COc2ccc(/C=N\NC(=O)c3cccc(C(F)(F)F)c3)cc2)cc1. The van der Waals surface area contributed by atoms with Gasteiger partial charge in [0.2, 0.25) is 0 Å². The lowest BCUT2D eigenvalue weighted by Gasteiger charge is -2.08. The van der Waals surface area contributed by atoms with Crippen molar-refractivity contribution in [2.75, 3.05) is 0 Å². The van der Waals surface area contributed by atoms with Crippen molar-refractivity contribution in [1.29, 1.82) is 0 Å². The van der Waals surface area contributed by atoms with E-state index < -0.39 is 23.6 Å². The molecule has 0 aromatic heterocycles. The molecule has 0 radical (unpaired) electrons. The Labute approximate surface area is 181 Å². The lowest BCUT2D eigenvalue weighted by molar-refractivity contribution is -0.255. The number of carbonyl (C=O) groups is 2. The van der Waals surface area contributed by atoms with Crippen molar-refractivity contribution < 1.29 is 32.6 Å². The summed E-state index contributed by atoms with van der Waals surface area (Å²) in [5.41, 5.74) is 2.59. The number of hydrogen-bond donors (Lipinski definition) is 1. The van der Waals surface area contributed by atoms with Crippen LogP contribution in [0.15, 0.2) is 77.9 Å². The quantitative estimate of drug-likeness (QED) is 0.449. The van der Waals surface area contributed by atoms with E-state index in [4.69, 9.17) is 4.74 Å². The van der Waals surface area contributed by atoms with E-state index in [0.29, 0.717) is 11.3 Å². The molecule has 0 heterocycles. The lowest BCUT2D eigenvalue weighted by Crippen LogP contribution is -2.22. The summed E-state index contributed by atoms with van der Waals surface area (Å²) in [6.45, 7) is 0.230. The minimum atomic E-state index is -4.54. The first-order valence-corrected chi connectivity index (χ1v) is 9.26. The van der Waals surface area contributed by atoms with Crippen molar-refractivity contribution in [1.82, 2.24) is 5.43 Å². The standard InChI is InChI=1S/C23H17F3N2O4/c24-23(25,26)19-3-1-2-18(12-19)21(29)28-27-13-15-6-10-20(11-7-15)32-14-16-4-8-17(9-5-16)22(30)31/h1-13H,14H2,(H,28,29)(H,30,31)/p-1/b27-13-. The molecule has 0 spiro atoms. The highest BCUT2D eigenvalue weighted by Gasteiger charge is 2.30. The van der Waals surface area contributed by atoms with E-state index >= 15 is 0 Å². The molecule has 32 heavy (non-hydrogen) atoms. The van der Waals surface area contributed by atoms with Crippen LogP contribution in [-0.2, 0) is 12.8 Å². The van der Waals surface area contributed by atoms with Gasteiger partial charge in [-0.1, -0.05) is 30.3 Å². The van der Waals surface area contributed by atoms with Crippen molar-refractivity contribution in [2.45, 2.75) is 12.8 Å². The van der Waals surface area contributed by atoms with E-state index in [9.17, 15) is 27.9 Å². The normalized spacial score (nSPS) is 11.3. The van der Waals surface area contributed by atoms with Crippen LogP contribution in [-0.4, -0.2) is 18.1 Å². The Morgan fingerprint density at radius 1 is 0.969 bits per heavy atom. The minimum Gasteiger partial charge on any atom is -0.545 e. The van der Waals surface area contributed by atoms with Gasteiger partial charge in [-0.05, 0) is 59.2 Å². The number of rotatable bonds is 7. The monoisotopic (exact) mass is 441 g/mol. The predicted molar refractivity (Wildman–Crippen MR) is 108 cm³/mol. The number of nitrogens with zero attached hydrogens (tertiary/aromatic N) is 1. The van der Waals surface area contributed by atoms with E-state index in [1.54, 1.807) is 36.4 Å². The zero-order chi connectivity index (χ0) is 23.1. The number of carboxylic acid groups (broad SMARTS) is 1. The van der Waals surface area contributed by atoms with Crippen LogP contribution in [0.1, 0.15) is 37.4 Å². The van der Waals surface area contributed by atoms with Gasteiger partial charge in [-0.3, -0.25) is 4.79 Å². The minimum absolute atomic E-state index is 0.0811. The molecular weight excluding hydrogens is 425 g/mol. The molecule has 0 saturated heterocycles. The van der Waals surface area contributed by atoms with Crippen molar-refractivity contribution in [3.05, 3.63) is 101 Å². The second-order valence-corrected chi connectivity index (χ2v) is 6.62. The molecule has 6 nitrogen and oxygen atoms in total. The van der Waals surface area contributed by atoms with Gasteiger partial charge in [-0.15, -0.1) is 0 Å². The van der Waals surface area contributed by atoms with Crippen LogP contribution >= 0.6 is 0 Å². The first-order valence-electron chi connectivity index (χ1n) is 9.26. The Morgan fingerprint density at radius 3 is 2.28 bits per heavy atom. The van der Waals surface area contributed by atoms with Crippen molar-refractivity contribution in [3.63, 3.8) is 0 Å². The topological polar surface area (TPSA) is 90.8 Å². The molecule has 164 valence electrons. The molecule has 0 fully saturated rings. The summed E-state index contributed by atoms with van der Waals surface area (Å²) >= 11 is 0. The lowest BCUT2D eigenvalue weighted by atomic mass is 10.1. The van der Waals surface area contributed by atoms with Crippen molar-refractivity contribution in [2.24, 2.45) is 5.10 Å². The fourth-order valence-corrected chi connectivity index (χ4v) is 2.62. The van der Waals surface area contributed by atoms with Crippen LogP contribution in [0, 0.1) is 0 Å². The van der Waals surface area contributed by atoms with Crippen LogP contribution in [0.3, 0.4) is 0 Å². The number of ether oxygens (including phenoxy) is 1. The van der Waals surface area contributed by atoms with Crippen LogP contribution in [0.2, 0.25) is 0 Å². The highest BCUT2D eigenvalue weighted by atomic mass is 19.4. The van der Waals surface area contributed by atoms with Crippen LogP contribution in [0.25, 0.3) is 0 Å². The van der Waals surface area contributed by atoms with E-state index in [2.05, 4.69) is 10.5 Å². The summed E-state index contributed by atoms with van der Waals surface area (Å²) < 4.78 is 43.8. The second-order valence-electron chi connectivity index (χ2n) is 6.62. The fourth-order valence-electron chi connectivity index (χ4n) is 2.62. The van der Waals surface area contributed by atoms with Gasteiger partial charge >= 0.3 is 6.18 Å². The van der Waals surface area contributed by atoms with Gasteiger partial charge in [0.05, 0.1) is 17.7 Å². The Kier molecular flexibility index (Phi) is 6.89. The summed E-state index contributed by atoms with van der Waals surface area (Å²) in [5, 5.41) is 14.5. The molecule has 0 bridgehead atoms. The maximum Gasteiger partial charge on any atom is 0.416 e. The van der Waals surface area contributed by atoms with Gasteiger partial charge in [0.25, 0.3) is 5.91 Å². The third-order valence-electron chi connectivity index (χ3n) is 4.31. The average molecular weight is 441 g/mol. The number of carbonyl (C=O) groups excluding carboxylic acids is 2. The molecular formula is C23H16F3N2O4-. The summed E-state index contributed by atoms with van der Waals surface area (Å²) in [6.07, 6.45) is -3.20. The van der Waals surface area contributed by atoms with E-state index in [0.717, 1.165) is 23.8 Å². The van der Waals surface area contributed by atoms with Gasteiger partial charge in [0.1, 0.15) is 12.4 Å². The molecule has 3 aromatic carbocycles. The average Bonchev–Trinajstić information content (AvgIpc) is 2.78. The molecule has 9 heteroatoms. The number of nitrogens with one attached hydrogen (secondary N) is 1. The van der Waals surface area contributed by atoms with Gasteiger partial charge in [0, 0.05) is 5.56 Å². The molecule has 1 N–H and O–H groups in total. The molecule has 0 unspecified atom stereocenters. The number of amides is 1. The van der Waals surface area contributed by atoms with Crippen molar-refractivity contribution in [3.8, 4) is 5.75 Å². The highest BCUT2D eigenvalue weighted by molar-refractivity contribution is 5.95. The number of carboxylic acids is 1. The third-order valence-corrected chi connectivity index (χ3v) is 4.31. The third kappa shape index (κ3) is 6.18. The molecule has 3 rings (SSSR count). The Morgan fingerprint density at radius 2 is 1.66 bits per heavy atom. The first kappa shape index (κ1) is 22.5. The van der Waals surface area contributed by atoms with Gasteiger partial charge in [0.15, 0.2) is 0 Å². The Balaban J connectivity index is 1.53. The number of halogens is 3. The fraction of sp³-hybridized carbons (Fsp3) is 0.0870. The number of aromatic carboxylic acids is 1. The number of hydrazone groups is 1. The number of alkyl halides is 3. The van der Waals surface area contributed by atoms with Gasteiger partial charge in [-0.25, -0.2) is 5.43 Å². The molecule has 0 aliphatic rings.